The van der Waals surface area contributed by atoms with Gasteiger partial charge in [-0.2, -0.15) is 0 Å². The Bertz CT molecular complexity index is 194. The maximum Gasteiger partial charge on any atom is 0.173 e. The summed E-state index contributed by atoms with van der Waals surface area (Å²) in [5.41, 5.74) is -0.125. The van der Waals surface area contributed by atoms with Crippen LogP contribution in [0.2, 0.25) is 0 Å². The van der Waals surface area contributed by atoms with Gasteiger partial charge < -0.3 is 25.5 Å². The normalized spacial score (nSPS) is 42.6. The highest BCUT2D eigenvalue weighted by Crippen LogP contribution is 2.13. The molecule has 0 saturated heterocycles. The number of aliphatic imine (C=N–C) groups is 1. The monoisotopic (exact) mass is 177 g/mol. The summed E-state index contributed by atoms with van der Waals surface area (Å²) >= 11 is 0. The van der Waals surface area contributed by atoms with Crippen LogP contribution in [0.25, 0.3) is 0 Å². The van der Waals surface area contributed by atoms with Crippen molar-refractivity contribution in [1.29, 1.82) is 0 Å². The molecule has 0 aliphatic carbocycles. The van der Waals surface area contributed by atoms with Crippen molar-refractivity contribution in [1.82, 2.24) is 0 Å². The largest absolute Gasteiger partial charge is 0.390 e. The second kappa shape index (κ2) is 3.46. The van der Waals surface area contributed by atoms with Crippen molar-refractivity contribution < 1.29 is 25.5 Å². The van der Waals surface area contributed by atoms with E-state index in [0.717, 1.165) is 0 Å². The van der Waals surface area contributed by atoms with Crippen LogP contribution >= 0.6 is 0 Å². The third-order valence-electron chi connectivity index (χ3n) is 1.78. The predicted octanol–water partition coefficient (Wildman–Crippen LogP) is -3.17. The van der Waals surface area contributed by atoms with Crippen molar-refractivity contribution in [2.45, 2.75) is 24.5 Å². The predicted molar refractivity (Wildman–Crippen MR) is 38.5 cm³/mol. The third kappa shape index (κ3) is 1.47. The summed E-state index contributed by atoms with van der Waals surface area (Å²) < 4.78 is 0. The summed E-state index contributed by atoms with van der Waals surface area (Å²) in [6.45, 7) is -0.554. The summed E-state index contributed by atoms with van der Waals surface area (Å²) in [6, 6.07) is 0. The zero-order valence-electron chi connectivity index (χ0n) is 6.20. The highest BCUT2D eigenvalue weighted by atomic mass is 16.4. The molecule has 1 heterocycles. The molecule has 12 heavy (non-hydrogen) atoms. The van der Waals surface area contributed by atoms with E-state index in [2.05, 4.69) is 4.99 Å². The molecule has 1 aliphatic rings. The minimum Gasteiger partial charge on any atom is -0.390 e. The zero-order chi connectivity index (χ0) is 9.30. The molecule has 6 heteroatoms. The van der Waals surface area contributed by atoms with Gasteiger partial charge in [0.2, 0.25) is 0 Å². The fourth-order valence-electron chi connectivity index (χ4n) is 1.02. The second-order valence-corrected chi connectivity index (χ2v) is 2.62. The quantitative estimate of drug-likeness (QED) is 0.290. The molecule has 0 radical (unpaired) electrons. The van der Waals surface area contributed by atoms with E-state index in [-0.39, 0.29) is 5.71 Å². The van der Waals surface area contributed by atoms with E-state index in [1.54, 1.807) is 0 Å². The molecule has 1 aliphatic heterocycles. The molecule has 5 N–H and O–H groups in total. The summed E-state index contributed by atoms with van der Waals surface area (Å²) in [7, 11) is 0. The van der Waals surface area contributed by atoms with E-state index in [4.69, 9.17) is 25.5 Å². The number of aliphatic hydroxyl groups excluding tert-OH is 5. The third-order valence-corrected chi connectivity index (χ3v) is 1.78. The Morgan fingerprint density at radius 2 is 1.67 bits per heavy atom. The highest BCUT2D eigenvalue weighted by Gasteiger charge is 2.37. The Kier molecular flexibility index (Phi) is 2.76. The van der Waals surface area contributed by atoms with Crippen LogP contribution in [-0.2, 0) is 0 Å². The average molecular weight is 177 g/mol. The first-order valence-corrected chi connectivity index (χ1v) is 3.47. The van der Waals surface area contributed by atoms with Crippen LogP contribution in [0.3, 0.4) is 0 Å². The van der Waals surface area contributed by atoms with E-state index < -0.39 is 31.1 Å². The van der Waals surface area contributed by atoms with Crippen molar-refractivity contribution in [3.05, 3.63) is 0 Å². The van der Waals surface area contributed by atoms with Crippen LogP contribution in [0.1, 0.15) is 0 Å². The van der Waals surface area contributed by atoms with Crippen molar-refractivity contribution in [2.75, 3.05) is 6.61 Å². The van der Waals surface area contributed by atoms with Gasteiger partial charge in [0.1, 0.15) is 18.3 Å². The zero-order valence-corrected chi connectivity index (χ0v) is 6.20. The first kappa shape index (κ1) is 9.56. The Hall–Kier alpha value is -0.530. The van der Waals surface area contributed by atoms with Crippen LogP contribution in [0.15, 0.2) is 4.99 Å². The Morgan fingerprint density at radius 1 is 1.08 bits per heavy atom. The van der Waals surface area contributed by atoms with E-state index in [9.17, 15) is 0 Å². The number of hydrogen-bond donors (Lipinski definition) is 5. The van der Waals surface area contributed by atoms with Crippen LogP contribution in [-0.4, -0.2) is 62.4 Å². The first-order valence-electron chi connectivity index (χ1n) is 3.47. The fraction of sp³-hybridized carbons (Fsp3) is 0.833. The molecule has 1 unspecified atom stereocenters. The second-order valence-electron chi connectivity index (χ2n) is 2.62. The standard InChI is InChI=1S/C6H11NO5/c8-1-2-3(9)4(10)5(11)6(12)7-2/h3-6,8-12H,1H2/t3-,4+,5-,6?/m1/s1. The lowest BCUT2D eigenvalue weighted by atomic mass is 9.99. The topological polar surface area (TPSA) is 114 Å². The minimum atomic E-state index is -1.50. The van der Waals surface area contributed by atoms with Gasteiger partial charge in [0.05, 0.1) is 12.3 Å². The van der Waals surface area contributed by atoms with Gasteiger partial charge in [0.25, 0.3) is 0 Å². The lowest BCUT2D eigenvalue weighted by Crippen LogP contribution is -2.52. The van der Waals surface area contributed by atoms with Gasteiger partial charge in [0, 0.05) is 0 Å². The highest BCUT2D eigenvalue weighted by molar-refractivity contribution is 5.90. The smallest absolute Gasteiger partial charge is 0.173 e. The van der Waals surface area contributed by atoms with Crippen molar-refractivity contribution in [3.63, 3.8) is 0 Å². The molecule has 0 saturated carbocycles. The molecule has 4 atom stereocenters. The molecule has 0 spiro atoms. The van der Waals surface area contributed by atoms with Gasteiger partial charge >= 0.3 is 0 Å². The van der Waals surface area contributed by atoms with Gasteiger partial charge in [0.15, 0.2) is 6.23 Å². The Labute approximate surface area is 68.4 Å². The summed E-state index contributed by atoms with van der Waals surface area (Å²) in [5, 5.41) is 44.7. The van der Waals surface area contributed by atoms with Crippen LogP contribution in [0.4, 0.5) is 0 Å². The summed E-state index contributed by atoms with van der Waals surface area (Å²) in [5.74, 6) is 0. The number of nitrogens with zero attached hydrogens (tertiary/aromatic N) is 1. The maximum atomic E-state index is 9.11. The average Bonchev–Trinajstić information content (AvgIpc) is 2.08. The van der Waals surface area contributed by atoms with E-state index in [1.807, 2.05) is 0 Å². The lowest BCUT2D eigenvalue weighted by molar-refractivity contribution is -0.0962. The van der Waals surface area contributed by atoms with Gasteiger partial charge in [-0.05, 0) is 0 Å². The molecule has 0 aromatic heterocycles. The van der Waals surface area contributed by atoms with Gasteiger partial charge in [-0.25, -0.2) is 0 Å². The van der Waals surface area contributed by atoms with Gasteiger partial charge in [-0.1, -0.05) is 0 Å². The number of hydrogen-bond acceptors (Lipinski definition) is 6. The lowest BCUT2D eigenvalue weighted by Gasteiger charge is -2.30. The summed E-state index contributed by atoms with van der Waals surface area (Å²) in [6.07, 6.45) is -5.89. The molecule has 0 amide bonds. The molecule has 0 bridgehead atoms. The van der Waals surface area contributed by atoms with Crippen molar-refractivity contribution >= 4 is 5.71 Å². The SMILES string of the molecule is OCC1=NC(O)[C@H](O)[C@@H](O)[C@@H]1O. The fourth-order valence-corrected chi connectivity index (χ4v) is 1.02. The summed E-state index contributed by atoms with van der Waals surface area (Å²) in [4.78, 5) is 3.38. The van der Waals surface area contributed by atoms with Crippen LogP contribution in [0, 0.1) is 0 Å². The van der Waals surface area contributed by atoms with E-state index in [0.29, 0.717) is 0 Å². The molecule has 0 fully saturated rings. The molecule has 0 aromatic rings. The van der Waals surface area contributed by atoms with Gasteiger partial charge in [-0.15, -0.1) is 0 Å². The van der Waals surface area contributed by atoms with Crippen LogP contribution < -0.4 is 0 Å². The molecule has 6 nitrogen and oxygen atoms in total. The van der Waals surface area contributed by atoms with Crippen molar-refractivity contribution in [3.8, 4) is 0 Å². The molecular formula is C6H11NO5. The van der Waals surface area contributed by atoms with E-state index >= 15 is 0 Å². The maximum absolute atomic E-state index is 9.11. The van der Waals surface area contributed by atoms with Crippen molar-refractivity contribution in [2.24, 2.45) is 4.99 Å². The van der Waals surface area contributed by atoms with Crippen LogP contribution in [0.5, 0.6) is 0 Å². The molecular weight excluding hydrogens is 166 g/mol. The van der Waals surface area contributed by atoms with Gasteiger partial charge in [-0.3, -0.25) is 4.99 Å². The molecule has 1 rings (SSSR count). The molecule has 70 valence electrons. The van der Waals surface area contributed by atoms with E-state index in [1.165, 1.54) is 0 Å². The Balaban J connectivity index is 2.84. The molecule has 0 aromatic carbocycles. The number of rotatable bonds is 1. The Morgan fingerprint density at radius 3 is 2.17 bits per heavy atom. The first-order chi connectivity index (χ1) is 5.57. The minimum absolute atomic E-state index is 0.125. The number of aliphatic hydroxyl groups is 5.